The lowest BCUT2D eigenvalue weighted by molar-refractivity contribution is 0.614. The molecule has 0 N–H and O–H groups in total. The van der Waals surface area contributed by atoms with E-state index < -0.39 is 0 Å². The van der Waals surface area contributed by atoms with Crippen LogP contribution in [0.25, 0.3) is 22.1 Å². The van der Waals surface area contributed by atoms with Crippen LogP contribution in [0.1, 0.15) is 16.7 Å². The van der Waals surface area contributed by atoms with Gasteiger partial charge < -0.3 is 4.42 Å². The van der Waals surface area contributed by atoms with Gasteiger partial charge in [0.25, 0.3) is 0 Å². The lowest BCUT2D eigenvalue weighted by Gasteiger charge is -2.02. The highest BCUT2D eigenvalue weighted by atomic mass is 16.3. The summed E-state index contributed by atoms with van der Waals surface area (Å²) in [6.45, 7) is 6.33. The third-order valence-electron chi connectivity index (χ3n) is 3.62. The van der Waals surface area contributed by atoms with Crippen LogP contribution in [0.4, 0.5) is 0 Å². The van der Waals surface area contributed by atoms with Gasteiger partial charge in [-0.2, -0.15) is 0 Å². The van der Waals surface area contributed by atoms with Crippen LogP contribution < -0.4 is 0 Å². The third-order valence-corrected chi connectivity index (χ3v) is 3.62. The quantitative estimate of drug-likeness (QED) is 0.578. The van der Waals surface area contributed by atoms with E-state index in [0.29, 0.717) is 0 Å². The Morgan fingerprint density at radius 1 is 0.833 bits per heavy atom. The number of rotatable bonds is 1. The molecule has 3 rings (SSSR count). The number of aryl methyl sites for hydroxylation is 3. The van der Waals surface area contributed by atoms with E-state index in [4.69, 9.17) is 4.42 Å². The van der Waals surface area contributed by atoms with Gasteiger partial charge in [-0.3, -0.25) is 0 Å². The molecule has 0 atom stereocenters. The molecule has 2 aromatic carbocycles. The second-order valence-electron chi connectivity index (χ2n) is 4.90. The summed E-state index contributed by atoms with van der Waals surface area (Å²) >= 11 is 0. The van der Waals surface area contributed by atoms with Gasteiger partial charge in [-0.1, -0.05) is 42.0 Å². The average Bonchev–Trinajstić information content (AvgIpc) is 2.79. The molecule has 1 heterocycles. The Balaban J connectivity index is 2.25. The summed E-state index contributed by atoms with van der Waals surface area (Å²) in [5.74, 6) is 0. The van der Waals surface area contributed by atoms with Gasteiger partial charge in [-0.15, -0.1) is 0 Å². The summed E-state index contributed by atoms with van der Waals surface area (Å²) in [5.41, 5.74) is 7.16. The SMILES string of the molecule is Cc1ccc(-c2coc3c(C)c(C)ccc23)cc1. The summed E-state index contributed by atoms with van der Waals surface area (Å²) in [4.78, 5) is 0. The first-order valence-electron chi connectivity index (χ1n) is 6.21. The van der Waals surface area contributed by atoms with E-state index in [2.05, 4.69) is 57.2 Å². The first kappa shape index (κ1) is 11.1. The van der Waals surface area contributed by atoms with E-state index in [1.165, 1.54) is 33.2 Å². The highest BCUT2D eigenvalue weighted by Gasteiger charge is 2.10. The maximum atomic E-state index is 5.75. The molecule has 1 heteroatoms. The van der Waals surface area contributed by atoms with Crippen molar-refractivity contribution in [3.63, 3.8) is 0 Å². The Morgan fingerprint density at radius 3 is 2.28 bits per heavy atom. The Hall–Kier alpha value is -2.02. The van der Waals surface area contributed by atoms with Gasteiger partial charge in [-0.25, -0.2) is 0 Å². The number of furan rings is 1. The molecule has 1 nitrogen and oxygen atoms in total. The van der Waals surface area contributed by atoms with Crippen LogP contribution in [-0.2, 0) is 0 Å². The van der Waals surface area contributed by atoms with Crippen molar-refractivity contribution in [2.75, 3.05) is 0 Å². The first-order chi connectivity index (χ1) is 8.66. The number of benzene rings is 2. The third kappa shape index (κ3) is 1.63. The van der Waals surface area contributed by atoms with Crippen molar-refractivity contribution >= 4 is 11.0 Å². The lowest BCUT2D eigenvalue weighted by atomic mass is 10.0. The van der Waals surface area contributed by atoms with E-state index in [0.717, 1.165) is 5.58 Å². The van der Waals surface area contributed by atoms with Crippen LogP contribution in [-0.4, -0.2) is 0 Å². The molecule has 0 unspecified atom stereocenters. The standard InChI is InChI=1S/C17H16O/c1-11-4-7-14(8-5-11)16-10-18-17-13(3)12(2)6-9-15(16)17/h4-10H,1-3H3. The maximum Gasteiger partial charge on any atom is 0.137 e. The van der Waals surface area contributed by atoms with Gasteiger partial charge in [0.1, 0.15) is 5.58 Å². The summed E-state index contributed by atoms with van der Waals surface area (Å²) in [6.07, 6.45) is 1.86. The second-order valence-corrected chi connectivity index (χ2v) is 4.90. The van der Waals surface area contributed by atoms with Gasteiger partial charge in [0, 0.05) is 10.9 Å². The molecule has 0 bridgehead atoms. The summed E-state index contributed by atoms with van der Waals surface area (Å²) < 4.78 is 5.75. The molecule has 90 valence electrons. The van der Waals surface area contributed by atoms with Gasteiger partial charge in [0.15, 0.2) is 0 Å². The molecule has 0 saturated heterocycles. The zero-order valence-electron chi connectivity index (χ0n) is 10.9. The highest BCUT2D eigenvalue weighted by molar-refractivity contribution is 5.95. The maximum absolute atomic E-state index is 5.75. The van der Waals surface area contributed by atoms with E-state index in [1.807, 2.05) is 6.26 Å². The molecular weight excluding hydrogens is 220 g/mol. The lowest BCUT2D eigenvalue weighted by Crippen LogP contribution is -1.81. The summed E-state index contributed by atoms with van der Waals surface area (Å²) in [7, 11) is 0. The summed E-state index contributed by atoms with van der Waals surface area (Å²) in [5, 5.41) is 1.20. The van der Waals surface area contributed by atoms with Crippen LogP contribution in [0.15, 0.2) is 47.1 Å². The van der Waals surface area contributed by atoms with Crippen molar-refractivity contribution in [1.29, 1.82) is 0 Å². The Morgan fingerprint density at radius 2 is 1.56 bits per heavy atom. The van der Waals surface area contributed by atoms with Crippen molar-refractivity contribution in [2.45, 2.75) is 20.8 Å². The molecule has 1 aromatic heterocycles. The van der Waals surface area contributed by atoms with Gasteiger partial charge in [0.05, 0.1) is 6.26 Å². The van der Waals surface area contributed by atoms with Crippen molar-refractivity contribution in [1.82, 2.24) is 0 Å². The van der Waals surface area contributed by atoms with E-state index in [1.54, 1.807) is 0 Å². The monoisotopic (exact) mass is 236 g/mol. The molecule has 0 amide bonds. The topological polar surface area (TPSA) is 13.1 Å². The Kier molecular flexibility index (Phi) is 2.48. The molecule has 0 saturated carbocycles. The van der Waals surface area contributed by atoms with Crippen molar-refractivity contribution in [3.8, 4) is 11.1 Å². The largest absolute Gasteiger partial charge is 0.463 e. The first-order valence-corrected chi connectivity index (χ1v) is 6.21. The zero-order chi connectivity index (χ0) is 12.7. The Labute approximate surface area is 107 Å². The molecule has 3 aromatic rings. The van der Waals surface area contributed by atoms with E-state index >= 15 is 0 Å². The van der Waals surface area contributed by atoms with Gasteiger partial charge in [0.2, 0.25) is 0 Å². The van der Waals surface area contributed by atoms with Gasteiger partial charge >= 0.3 is 0 Å². The minimum atomic E-state index is 1.01. The van der Waals surface area contributed by atoms with Crippen LogP contribution >= 0.6 is 0 Å². The van der Waals surface area contributed by atoms with Crippen LogP contribution in [0, 0.1) is 20.8 Å². The molecule has 0 aliphatic carbocycles. The van der Waals surface area contributed by atoms with Gasteiger partial charge in [-0.05, 0) is 37.5 Å². The zero-order valence-corrected chi connectivity index (χ0v) is 10.9. The predicted octanol–water partition coefficient (Wildman–Crippen LogP) is 5.03. The van der Waals surface area contributed by atoms with Crippen molar-refractivity contribution in [3.05, 3.63) is 59.4 Å². The molecular formula is C17H16O. The molecule has 0 aliphatic rings. The van der Waals surface area contributed by atoms with E-state index in [-0.39, 0.29) is 0 Å². The van der Waals surface area contributed by atoms with Crippen LogP contribution in [0.5, 0.6) is 0 Å². The van der Waals surface area contributed by atoms with Crippen LogP contribution in [0.3, 0.4) is 0 Å². The fraction of sp³-hybridized carbons (Fsp3) is 0.176. The molecule has 0 aliphatic heterocycles. The number of hydrogen-bond acceptors (Lipinski definition) is 1. The number of fused-ring (bicyclic) bond motifs is 1. The average molecular weight is 236 g/mol. The number of hydrogen-bond donors (Lipinski definition) is 0. The fourth-order valence-electron chi connectivity index (χ4n) is 2.29. The minimum absolute atomic E-state index is 1.01. The molecule has 0 radical (unpaired) electrons. The fourth-order valence-corrected chi connectivity index (χ4v) is 2.29. The minimum Gasteiger partial charge on any atom is -0.463 e. The second kappa shape index (κ2) is 4.02. The highest BCUT2D eigenvalue weighted by Crippen LogP contribution is 2.33. The molecule has 18 heavy (non-hydrogen) atoms. The molecule has 0 fully saturated rings. The van der Waals surface area contributed by atoms with E-state index in [9.17, 15) is 0 Å². The summed E-state index contributed by atoms with van der Waals surface area (Å²) in [6, 6.07) is 12.9. The smallest absolute Gasteiger partial charge is 0.137 e. The normalized spacial score (nSPS) is 11.1. The Bertz CT molecular complexity index is 702. The molecule has 0 spiro atoms. The van der Waals surface area contributed by atoms with Crippen molar-refractivity contribution in [2.24, 2.45) is 0 Å². The van der Waals surface area contributed by atoms with Crippen molar-refractivity contribution < 1.29 is 4.42 Å². The predicted molar refractivity (Wildman–Crippen MR) is 75.9 cm³/mol. The van der Waals surface area contributed by atoms with Crippen LogP contribution in [0.2, 0.25) is 0 Å².